The largest absolute Gasteiger partial charge is 0.387 e. The van der Waals surface area contributed by atoms with E-state index < -0.39 is 6.17 Å². The molecule has 0 bridgehead atoms. The van der Waals surface area contributed by atoms with Gasteiger partial charge in [-0.3, -0.25) is 4.99 Å². The van der Waals surface area contributed by atoms with Gasteiger partial charge in [0.15, 0.2) is 0 Å². The Morgan fingerprint density at radius 1 is 1.70 bits per heavy atom. The molecule has 2 rings (SSSR count). The van der Waals surface area contributed by atoms with Gasteiger partial charge in [-0.2, -0.15) is 0 Å². The average molecular weight is 142 g/mol. The maximum absolute atomic E-state index is 12.7. The SMILES string of the molecule is C[C@H]1CC(N)=N[C@H]2[C@@H](F)[C@H]21. The van der Waals surface area contributed by atoms with Crippen LogP contribution in [0.3, 0.4) is 0 Å². The number of nitrogens with two attached hydrogens (primary N) is 1. The molecule has 0 aromatic carbocycles. The number of nitrogens with zero attached hydrogens (tertiary/aromatic N) is 1. The van der Waals surface area contributed by atoms with Gasteiger partial charge in [0.2, 0.25) is 0 Å². The second-order valence-electron chi connectivity index (χ2n) is 3.31. The van der Waals surface area contributed by atoms with E-state index >= 15 is 0 Å². The summed E-state index contributed by atoms with van der Waals surface area (Å²) in [6.07, 6.45) is 0.0812. The fourth-order valence-corrected chi connectivity index (χ4v) is 1.80. The molecule has 2 nitrogen and oxygen atoms in total. The first-order valence-electron chi connectivity index (χ1n) is 3.66. The Hall–Kier alpha value is -0.600. The van der Waals surface area contributed by atoms with Gasteiger partial charge in [-0.25, -0.2) is 4.39 Å². The summed E-state index contributed by atoms with van der Waals surface area (Å²) in [5, 5.41) is 0. The molecule has 1 aliphatic carbocycles. The maximum atomic E-state index is 12.7. The molecule has 0 radical (unpaired) electrons. The van der Waals surface area contributed by atoms with Crippen LogP contribution in [0.4, 0.5) is 4.39 Å². The van der Waals surface area contributed by atoms with Crippen molar-refractivity contribution >= 4 is 5.84 Å². The van der Waals surface area contributed by atoms with Gasteiger partial charge < -0.3 is 5.73 Å². The van der Waals surface area contributed by atoms with Gasteiger partial charge in [-0.1, -0.05) is 6.92 Å². The van der Waals surface area contributed by atoms with E-state index in [2.05, 4.69) is 4.99 Å². The zero-order valence-electron chi connectivity index (χ0n) is 5.92. The molecule has 1 aliphatic heterocycles. The molecule has 56 valence electrons. The van der Waals surface area contributed by atoms with Crippen LogP contribution in [-0.2, 0) is 0 Å². The highest BCUT2D eigenvalue weighted by atomic mass is 19.1. The molecule has 3 heteroatoms. The van der Waals surface area contributed by atoms with Crippen molar-refractivity contribution in [2.45, 2.75) is 25.6 Å². The summed E-state index contributed by atoms with van der Waals surface area (Å²) in [6.45, 7) is 2.04. The van der Waals surface area contributed by atoms with E-state index in [1.165, 1.54) is 0 Å². The highest BCUT2D eigenvalue weighted by Crippen LogP contribution is 2.47. The fraction of sp³-hybridized carbons (Fsp3) is 0.857. The first-order valence-corrected chi connectivity index (χ1v) is 3.66. The molecule has 10 heavy (non-hydrogen) atoms. The van der Waals surface area contributed by atoms with Crippen molar-refractivity contribution in [3.63, 3.8) is 0 Å². The summed E-state index contributed by atoms with van der Waals surface area (Å²) < 4.78 is 12.7. The molecular formula is C7H11FN2. The summed E-state index contributed by atoms with van der Waals surface area (Å²) in [5.74, 6) is 1.22. The van der Waals surface area contributed by atoms with Crippen LogP contribution in [0.2, 0.25) is 0 Å². The standard InChI is InChI=1S/C7H11FN2/c1-3-2-4(9)10-7-5(3)6(7)8/h3,5-7H,2H2,1H3,(H2,9,10)/t3-,5+,6-,7+/m0/s1. The number of fused-ring (bicyclic) bond motifs is 1. The number of aliphatic imine (C=N–C) groups is 1. The molecule has 4 atom stereocenters. The minimum absolute atomic E-state index is 0.0799. The van der Waals surface area contributed by atoms with E-state index in [0.29, 0.717) is 11.8 Å². The third-order valence-electron chi connectivity index (χ3n) is 2.45. The second kappa shape index (κ2) is 1.71. The number of hydrogen-bond donors (Lipinski definition) is 1. The summed E-state index contributed by atoms with van der Waals surface area (Å²) >= 11 is 0. The van der Waals surface area contributed by atoms with Crippen LogP contribution in [-0.4, -0.2) is 18.0 Å². The smallest absolute Gasteiger partial charge is 0.128 e. The zero-order valence-corrected chi connectivity index (χ0v) is 5.92. The second-order valence-corrected chi connectivity index (χ2v) is 3.31. The molecule has 0 aromatic heterocycles. The minimum Gasteiger partial charge on any atom is -0.387 e. The molecule has 2 aliphatic rings. The van der Waals surface area contributed by atoms with Crippen LogP contribution in [0.5, 0.6) is 0 Å². The van der Waals surface area contributed by atoms with Gasteiger partial charge in [0.1, 0.15) is 6.17 Å². The van der Waals surface area contributed by atoms with Crippen molar-refractivity contribution in [1.29, 1.82) is 0 Å². The number of amidine groups is 1. The topological polar surface area (TPSA) is 38.4 Å². The maximum Gasteiger partial charge on any atom is 0.128 e. The summed E-state index contributed by atoms with van der Waals surface area (Å²) in [6, 6.07) is -0.0799. The quantitative estimate of drug-likeness (QED) is 0.531. The van der Waals surface area contributed by atoms with Gasteiger partial charge in [-0.05, 0) is 5.92 Å². The Kier molecular flexibility index (Phi) is 1.05. The molecule has 2 N–H and O–H groups in total. The normalized spacial score (nSPS) is 51.6. The van der Waals surface area contributed by atoms with E-state index in [0.717, 1.165) is 6.42 Å². The highest BCUT2D eigenvalue weighted by molar-refractivity contribution is 5.82. The first kappa shape index (κ1) is 6.13. The van der Waals surface area contributed by atoms with Crippen LogP contribution in [0.1, 0.15) is 13.3 Å². The van der Waals surface area contributed by atoms with E-state index in [9.17, 15) is 4.39 Å². The third-order valence-corrected chi connectivity index (χ3v) is 2.45. The number of alkyl halides is 1. The molecule has 1 saturated carbocycles. The van der Waals surface area contributed by atoms with Crippen molar-refractivity contribution in [3.05, 3.63) is 0 Å². The Morgan fingerprint density at radius 3 is 3.00 bits per heavy atom. The van der Waals surface area contributed by atoms with Gasteiger partial charge >= 0.3 is 0 Å². The molecular weight excluding hydrogens is 131 g/mol. The number of hydrogen-bond acceptors (Lipinski definition) is 2. The van der Waals surface area contributed by atoms with E-state index in [-0.39, 0.29) is 12.0 Å². The van der Waals surface area contributed by atoms with Crippen LogP contribution in [0, 0.1) is 11.8 Å². The van der Waals surface area contributed by atoms with Crippen molar-refractivity contribution in [2.24, 2.45) is 22.6 Å². The Morgan fingerprint density at radius 2 is 2.40 bits per heavy atom. The lowest BCUT2D eigenvalue weighted by Crippen LogP contribution is -2.22. The molecule has 0 amide bonds. The lowest BCUT2D eigenvalue weighted by molar-refractivity contribution is 0.394. The van der Waals surface area contributed by atoms with E-state index in [4.69, 9.17) is 5.73 Å². The lowest BCUT2D eigenvalue weighted by Gasteiger charge is -2.12. The van der Waals surface area contributed by atoms with Gasteiger partial charge in [0.05, 0.1) is 11.9 Å². The van der Waals surface area contributed by atoms with Crippen molar-refractivity contribution in [1.82, 2.24) is 0 Å². The van der Waals surface area contributed by atoms with Crippen LogP contribution < -0.4 is 5.73 Å². The zero-order chi connectivity index (χ0) is 7.30. The first-order chi connectivity index (χ1) is 4.70. The molecule has 0 spiro atoms. The van der Waals surface area contributed by atoms with Gasteiger partial charge in [-0.15, -0.1) is 0 Å². The fourth-order valence-electron chi connectivity index (χ4n) is 1.80. The van der Waals surface area contributed by atoms with Crippen molar-refractivity contribution < 1.29 is 4.39 Å². The van der Waals surface area contributed by atoms with Crippen molar-refractivity contribution in [2.75, 3.05) is 0 Å². The molecule has 0 saturated heterocycles. The minimum atomic E-state index is -0.698. The van der Waals surface area contributed by atoms with Crippen LogP contribution in [0.15, 0.2) is 4.99 Å². The summed E-state index contributed by atoms with van der Waals surface area (Å²) in [5.41, 5.74) is 5.49. The van der Waals surface area contributed by atoms with Crippen molar-refractivity contribution in [3.8, 4) is 0 Å². The predicted molar refractivity (Wildman–Crippen MR) is 37.6 cm³/mol. The lowest BCUT2D eigenvalue weighted by atomic mass is 9.99. The number of rotatable bonds is 0. The predicted octanol–water partition coefficient (Wildman–Crippen LogP) is 0.720. The number of halogens is 1. The molecule has 1 heterocycles. The average Bonchev–Trinajstić information content (AvgIpc) is 2.42. The Bertz CT molecular complexity index is 190. The van der Waals surface area contributed by atoms with E-state index in [1.54, 1.807) is 0 Å². The van der Waals surface area contributed by atoms with Gasteiger partial charge in [0, 0.05) is 12.3 Å². The Balaban J connectivity index is 2.18. The summed E-state index contributed by atoms with van der Waals surface area (Å²) in [7, 11) is 0. The summed E-state index contributed by atoms with van der Waals surface area (Å²) in [4.78, 5) is 4.01. The third kappa shape index (κ3) is 0.662. The van der Waals surface area contributed by atoms with Crippen LogP contribution in [0.25, 0.3) is 0 Å². The molecule has 0 aromatic rings. The van der Waals surface area contributed by atoms with E-state index in [1.807, 2.05) is 6.92 Å². The highest BCUT2D eigenvalue weighted by Gasteiger charge is 2.56. The molecule has 1 fully saturated rings. The molecule has 0 unspecified atom stereocenters. The van der Waals surface area contributed by atoms with Gasteiger partial charge in [0.25, 0.3) is 0 Å². The monoisotopic (exact) mass is 142 g/mol. The van der Waals surface area contributed by atoms with Crippen LogP contribution >= 0.6 is 0 Å². The Labute approximate surface area is 59.3 Å².